The normalized spacial score (nSPS) is 12.6. The summed E-state index contributed by atoms with van der Waals surface area (Å²) in [5.74, 6) is -0.350. The van der Waals surface area contributed by atoms with E-state index in [0.717, 1.165) is 15.2 Å². The molecule has 0 fully saturated rings. The average molecular weight is 307 g/mol. The van der Waals surface area contributed by atoms with E-state index >= 15 is 0 Å². The van der Waals surface area contributed by atoms with E-state index in [1.165, 1.54) is 12.1 Å². The van der Waals surface area contributed by atoms with Gasteiger partial charge < -0.3 is 5.32 Å². The Kier molecular flexibility index (Phi) is 3.59. The molecule has 0 radical (unpaired) electrons. The summed E-state index contributed by atoms with van der Waals surface area (Å²) in [4.78, 5) is 4.58. The number of para-hydroxylation sites is 1. The van der Waals surface area contributed by atoms with Gasteiger partial charge in [-0.25, -0.2) is 9.37 Å². The first-order valence-corrected chi connectivity index (χ1v) is 7.39. The lowest BCUT2D eigenvalue weighted by Gasteiger charge is -2.13. The van der Waals surface area contributed by atoms with Crippen LogP contribution < -0.4 is 5.32 Å². The molecule has 0 aliphatic heterocycles. The van der Waals surface area contributed by atoms with Gasteiger partial charge in [0.1, 0.15) is 10.8 Å². The van der Waals surface area contributed by atoms with Crippen LogP contribution in [-0.2, 0) is 0 Å². The number of halogens is 2. The van der Waals surface area contributed by atoms with Crippen LogP contribution in [0.4, 0.5) is 10.1 Å². The molecular formula is C15H12ClFN2S. The van der Waals surface area contributed by atoms with E-state index in [1.54, 1.807) is 17.4 Å². The van der Waals surface area contributed by atoms with Crippen molar-refractivity contribution in [2.45, 2.75) is 13.0 Å². The molecule has 0 bridgehead atoms. The van der Waals surface area contributed by atoms with Crippen LogP contribution in [0.2, 0.25) is 5.02 Å². The lowest BCUT2D eigenvalue weighted by molar-refractivity contribution is 0.628. The second kappa shape index (κ2) is 5.38. The van der Waals surface area contributed by atoms with E-state index in [9.17, 15) is 4.39 Å². The molecule has 0 saturated heterocycles. The molecule has 5 heteroatoms. The molecule has 3 rings (SSSR count). The maximum atomic E-state index is 13.3. The quantitative estimate of drug-likeness (QED) is 0.713. The van der Waals surface area contributed by atoms with Crippen molar-refractivity contribution in [2.24, 2.45) is 0 Å². The van der Waals surface area contributed by atoms with Gasteiger partial charge in [-0.15, -0.1) is 11.3 Å². The Morgan fingerprint density at radius 3 is 2.80 bits per heavy atom. The van der Waals surface area contributed by atoms with Crippen LogP contribution in [-0.4, -0.2) is 4.98 Å². The zero-order valence-electron chi connectivity index (χ0n) is 10.7. The Morgan fingerprint density at radius 1 is 1.25 bits per heavy atom. The molecule has 1 heterocycles. The highest BCUT2D eigenvalue weighted by Gasteiger charge is 2.12. The summed E-state index contributed by atoms with van der Waals surface area (Å²) in [6.45, 7) is 2.00. The van der Waals surface area contributed by atoms with Gasteiger partial charge in [-0.1, -0.05) is 23.7 Å². The van der Waals surface area contributed by atoms with Crippen molar-refractivity contribution in [1.82, 2.24) is 4.98 Å². The van der Waals surface area contributed by atoms with Crippen LogP contribution >= 0.6 is 22.9 Å². The fraction of sp³-hybridized carbons (Fsp3) is 0.133. The summed E-state index contributed by atoms with van der Waals surface area (Å²) in [7, 11) is 0. The number of hydrogen-bond donors (Lipinski definition) is 1. The number of hydrogen-bond acceptors (Lipinski definition) is 3. The minimum absolute atomic E-state index is 0.00901. The van der Waals surface area contributed by atoms with E-state index in [2.05, 4.69) is 10.3 Å². The van der Waals surface area contributed by atoms with Gasteiger partial charge in [0.2, 0.25) is 0 Å². The van der Waals surface area contributed by atoms with E-state index in [-0.39, 0.29) is 11.9 Å². The number of nitrogens with zero attached hydrogens (tertiary/aromatic N) is 1. The summed E-state index contributed by atoms with van der Waals surface area (Å²) in [5.41, 5.74) is 1.64. The highest BCUT2D eigenvalue weighted by Crippen LogP contribution is 2.29. The zero-order chi connectivity index (χ0) is 14.1. The second-order valence-electron chi connectivity index (χ2n) is 4.54. The van der Waals surface area contributed by atoms with Gasteiger partial charge >= 0.3 is 0 Å². The number of nitrogens with one attached hydrogen (secondary N) is 1. The van der Waals surface area contributed by atoms with Crippen molar-refractivity contribution in [1.29, 1.82) is 0 Å². The number of fused-ring (bicyclic) bond motifs is 1. The Bertz CT molecular complexity index is 703. The van der Waals surface area contributed by atoms with Gasteiger partial charge in [0, 0.05) is 10.7 Å². The van der Waals surface area contributed by atoms with E-state index in [4.69, 9.17) is 11.6 Å². The van der Waals surface area contributed by atoms with Crippen LogP contribution in [0.3, 0.4) is 0 Å². The molecule has 1 atom stereocenters. The number of anilines is 1. The molecule has 2 nitrogen and oxygen atoms in total. The molecule has 0 amide bonds. The zero-order valence-corrected chi connectivity index (χ0v) is 12.3. The molecule has 1 aromatic heterocycles. The van der Waals surface area contributed by atoms with Crippen molar-refractivity contribution >= 4 is 38.8 Å². The minimum Gasteiger partial charge on any atom is -0.376 e. The third-order valence-electron chi connectivity index (χ3n) is 2.93. The summed E-state index contributed by atoms with van der Waals surface area (Å²) < 4.78 is 14.5. The summed E-state index contributed by atoms with van der Waals surface area (Å²) in [6.07, 6.45) is 0. The first kappa shape index (κ1) is 13.3. The van der Waals surface area contributed by atoms with Gasteiger partial charge in [-0.05, 0) is 37.3 Å². The molecule has 102 valence electrons. The molecule has 0 spiro atoms. The smallest absolute Gasteiger partial charge is 0.126 e. The van der Waals surface area contributed by atoms with Crippen LogP contribution in [0, 0.1) is 5.82 Å². The molecule has 0 aliphatic rings. The fourth-order valence-electron chi connectivity index (χ4n) is 2.02. The molecule has 0 saturated carbocycles. The standard InChI is InChI=1S/C15H12ClFN2S/c1-9(18-12-7-10(16)6-11(17)8-12)15-19-13-4-2-3-5-14(13)20-15/h2-9,18H,1H3. The first-order chi connectivity index (χ1) is 9.61. The third kappa shape index (κ3) is 2.76. The molecular weight excluding hydrogens is 295 g/mol. The van der Waals surface area contributed by atoms with Crippen LogP contribution in [0.25, 0.3) is 10.2 Å². The highest BCUT2D eigenvalue weighted by atomic mass is 35.5. The first-order valence-electron chi connectivity index (χ1n) is 6.20. The van der Waals surface area contributed by atoms with E-state index < -0.39 is 0 Å². The Balaban J connectivity index is 1.86. The fourth-order valence-corrected chi connectivity index (χ4v) is 3.22. The van der Waals surface area contributed by atoms with Crippen molar-refractivity contribution in [3.8, 4) is 0 Å². The average Bonchev–Trinajstić information content (AvgIpc) is 2.81. The largest absolute Gasteiger partial charge is 0.376 e. The second-order valence-corrected chi connectivity index (χ2v) is 6.04. The van der Waals surface area contributed by atoms with E-state index in [0.29, 0.717) is 10.7 Å². The predicted molar refractivity (Wildman–Crippen MR) is 83.1 cm³/mol. The summed E-state index contributed by atoms with van der Waals surface area (Å²) in [6, 6.07) is 12.4. The minimum atomic E-state index is -0.350. The number of thiazole rings is 1. The molecule has 1 N–H and O–H groups in total. The predicted octanol–water partition coefficient (Wildman–Crippen LogP) is 5.26. The summed E-state index contributed by atoms with van der Waals surface area (Å²) in [5, 5.41) is 4.57. The van der Waals surface area contributed by atoms with E-state index in [1.807, 2.05) is 31.2 Å². The van der Waals surface area contributed by atoms with Crippen LogP contribution in [0.5, 0.6) is 0 Å². The Hall–Kier alpha value is -1.65. The number of rotatable bonds is 3. The van der Waals surface area contributed by atoms with Gasteiger partial charge in [-0.3, -0.25) is 0 Å². The monoisotopic (exact) mass is 306 g/mol. The molecule has 2 aromatic carbocycles. The van der Waals surface area contributed by atoms with Crippen LogP contribution in [0.1, 0.15) is 18.0 Å². The third-order valence-corrected chi connectivity index (χ3v) is 4.36. The van der Waals surface area contributed by atoms with Crippen molar-refractivity contribution in [2.75, 3.05) is 5.32 Å². The van der Waals surface area contributed by atoms with Crippen LogP contribution in [0.15, 0.2) is 42.5 Å². The maximum Gasteiger partial charge on any atom is 0.126 e. The topological polar surface area (TPSA) is 24.9 Å². The lowest BCUT2D eigenvalue weighted by Crippen LogP contribution is -2.06. The van der Waals surface area contributed by atoms with Crippen molar-refractivity contribution < 1.29 is 4.39 Å². The Morgan fingerprint density at radius 2 is 2.05 bits per heavy atom. The van der Waals surface area contributed by atoms with Crippen molar-refractivity contribution in [3.05, 3.63) is 58.3 Å². The molecule has 0 aliphatic carbocycles. The van der Waals surface area contributed by atoms with Gasteiger partial charge in [0.15, 0.2) is 0 Å². The van der Waals surface area contributed by atoms with Crippen molar-refractivity contribution in [3.63, 3.8) is 0 Å². The number of benzene rings is 2. The summed E-state index contributed by atoms with van der Waals surface area (Å²) >= 11 is 7.48. The molecule has 1 unspecified atom stereocenters. The van der Waals surface area contributed by atoms with Gasteiger partial charge in [0.25, 0.3) is 0 Å². The lowest BCUT2D eigenvalue weighted by atomic mass is 10.2. The highest BCUT2D eigenvalue weighted by molar-refractivity contribution is 7.18. The SMILES string of the molecule is CC(Nc1cc(F)cc(Cl)c1)c1nc2ccccc2s1. The van der Waals surface area contributed by atoms with Gasteiger partial charge in [0.05, 0.1) is 16.3 Å². The Labute approximate surface area is 125 Å². The maximum absolute atomic E-state index is 13.3. The molecule has 3 aromatic rings. The number of aromatic nitrogens is 1. The molecule has 20 heavy (non-hydrogen) atoms. The van der Waals surface area contributed by atoms with Gasteiger partial charge in [-0.2, -0.15) is 0 Å².